The van der Waals surface area contributed by atoms with Gasteiger partial charge in [-0.3, -0.25) is 4.79 Å². The smallest absolute Gasteiger partial charge is 0.226 e. The summed E-state index contributed by atoms with van der Waals surface area (Å²) in [4.78, 5) is 17.4. The topological polar surface area (TPSA) is 69.0 Å². The van der Waals surface area contributed by atoms with Crippen molar-refractivity contribution in [2.45, 2.75) is 18.9 Å². The molecule has 0 saturated carbocycles. The first-order valence-corrected chi connectivity index (χ1v) is 11.6. The maximum atomic E-state index is 12.7. The Morgan fingerprint density at radius 2 is 1.88 bits per heavy atom. The average Bonchev–Trinajstić information content (AvgIpc) is 3.47. The lowest BCUT2D eigenvalue weighted by molar-refractivity contribution is -0.116. The van der Waals surface area contributed by atoms with Crippen LogP contribution in [0, 0.1) is 0 Å². The molecule has 5 aromatic rings. The zero-order valence-electron chi connectivity index (χ0n) is 17.6. The molecule has 0 saturated heterocycles. The van der Waals surface area contributed by atoms with E-state index in [4.69, 9.17) is 9.72 Å². The molecule has 3 heterocycles. The molecule has 1 N–H and O–H groups in total. The van der Waals surface area contributed by atoms with Crippen LogP contribution in [0.2, 0.25) is 0 Å². The fraction of sp³-hybridized carbons (Fsp3) is 0.115. The van der Waals surface area contributed by atoms with E-state index in [0.717, 1.165) is 37.8 Å². The van der Waals surface area contributed by atoms with E-state index in [9.17, 15) is 4.79 Å². The quantitative estimate of drug-likeness (QED) is 0.380. The maximum Gasteiger partial charge on any atom is 0.226 e. The summed E-state index contributed by atoms with van der Waals surface area (Å²) in [5.74, 6) is 1.33. The number of fused-ring (bicyclic) bond motifs is 2. The number of hydrogen-bond acceptors (Lipinski definition) is 5. The molecule has 3 aromatic carbocycles. The molecule has 1 aliphatic heterocycles. The van der Waals surface area contributed by atoms with Crippen LogP contribution < -0.4 is 10.1 Å². The first kappa shape index (κ1) is 19.7. The third-order valence-electron chi connectivity index (χ3n) is 5.79. The number of nitrogens with zero attached hydrogens (tertiary/aromatic N) is 3. The van der Waals surface area contributed by atoms with Crippen molar-refractivity contribution in [1.82, 2.24) is 14.8 Å². The van der Waals surface area contributed by atoms with Crippen molar-refractivity contribution in [2.24, 2.45) is 0 Å². The number of nitrogens with one attached hydrogen (secondary N) is 1. The van der Waals surface area contributed by atoms with Crippen LogP contribution in [0.3, 0.4) is 0 Å². The van der Waals surface area contributed by atoms with Gasteiger partial charge in [0.25, 0.3) is 0 Å². The van der Waals surface area contributed by atoms with Crippen LogP contribution in [0.1, 0.15) is 29.0 Å². The summed E-state index contributed by atoms with van der Waals surface area (Å²) in [5, 5.41) is 8.33. The van der Waals surface area contributed by atoms with E-state index in [2.05, 4.69) is 10.4 Å². The molecule has 0 bridgehead atoms. The molecule has 6 rings (SSSR count). The summed E-state index contributed by atoms with van der Waals surface area (Å²) in [5.41, 5.74) is 4.04. The maximum absolute atomic E-state index is 12.7. The minimum absolute atomic E-state index is 0.0361. The zero-order chi connectivity index (χ0) is 22.2. The van der Waals surface area contributed by atoms with Gasteiger partial charge in [-0.1, -0.05) is 65.9 Å². The highest BCUT2D eigenvalue weighted by Gasteiger charge is 2.31. The lowest BCUT2D eigenvalue weighted by Gasteiger charge is -2.23. The number of rotatable bonds is 5. The Balaban J connectivity index is 1.32. The molecular weight excluding hydrogens is 432 g/mol. The Morgan fingerprint density at radius 1 is 1.03 bits per heavy atom. The van der Waals surface area contributed by atoms with Crippen molar-refractivity contribution in [3.8, 4) is 10.9 Å². The molecule has 0 spiro atoms. The van der Waals surface area contributed by atoms with Crippen LogP contribution in [0.15, 0.2) is 85.1 Å². The molecule has 162 valence electrons. The number of hydrogen-bond donors (Lipinski definition) is 1. The molecule has 2 aromatic heterocycles. The summed E-state index contributed by atoms with van der Waals surface area (Å²) >= 11 is 1.55. The third kappa shape index (κ3) is 3.76. The van der Waals surface area contributed by atoms with Crippen molar-refractivity contribution in [2.75, 3.05) is 5.32 Å². The largest absolute Gasteiger partial charge is 0.489 e. The second-order valence-electron chi connectivity index (χ2n) is 7.98. The fourth-order valence-electron chi connectivity index (χ4n) is 4.17. The van der Waals surface area contributed by atoms with E-state index >= 15 is 0 Å². The third-order valence-corrected chi connectivity index (χ3v) is 6.80. The average molecular weight is 453 g/mol. The first-order chi connectivity index (χ1) is 16.2. The van der Waals surface area contributed by atoms with Crippen molar-refractivity contribution in [3.05, 3.63) is 102 Å². The summed E-state index contributed by atoms with van der Waals surface area (Å²) in [7, 11) is 0. The number of para-hydroxylation sites is 1. The van der Waals surface area contributed by atoms with Crippen molar-refractivity contribution < 1.29 is 9.53 Å². The molecule has 0 unspecified atom stereocenters. The van der Waals surface area contributed by atoms with Gasteiger partial charge in [0.2, 0.25) is 11.0 Å². The van der Waals surface area contributed by atoms with Gasteiger partial charge in [0.15, 0.2) is 0 Å². The van der Waals surface area contributed by atoms with Gasteiger partial charge >= 0.3 is 0 Å². The second kappa shape index (κ2) is 8.18. The Hall–Kier alpha value is -3.97. The van der Waals surface area contributed by atoms with E-state index in [1.54, 1.807) is 16.0 Å². The molecular formula is C26H20N4O2S. The Bertz CT molecular complexity index is 1420. The number of amides is 1. The number of anilines is 1. The predicted molar refractivity (Wildman–Crippen MR) is 129 cm³/mol. The summed E-state index contributed by atoms with van der Waals surface area (Å²) in [6, 6.07) is 26.0. The van der Waals surface area contributed by atoms with E-state index in [1.807, 2.05) is 85.1 Å². The van der Waals surface area contributed by atoms with Gasteiger partial charge < -0.3 is 10.1 Å². The fourth-order valence-corrected chi connectivity index (χ4v) is 5.11. The highest BCUT2D eigenvalue weighted by molar-refractivity contribution is 7.20. The van der Waals surface area contributed by atoms with Gasteiger partial charge in [-0.15, -0.1) is 0 Å². The lowest BCUT2D eigenvalue weighted by Crippen LogP contribution is -2.24. The minimum Gasteiger partial charge on any atom is -0.489 e. The van der Waals surface area contributed by atoms with Crippen LogP contribution in [0.4, 0.5) is 5.82 Å². The first-order valence-electron chi connectivity index (χ1n) is 10.7. The number of thiazole rings is 1. The highest BCUT2D eigenvalue weighted by Crippen LogP contribution is 2.39. The van der Waals surface area contributed by atoms with E-state index in [1.165, 1.54) is 0 Å². The van der Waals surface area contributed by atoms with Gasteiger partial charge in [-0.05, 0) is 35.4 Å². The minimum atomic E-state index is -0.0999. The van der Waals surface area contributed by atoms with Crippen LogP contribution in [-0.4, -0.2) is 20.7 Å². The second-order valence-corrected chi connectivity index (χ2v) is 8.99. The SMILES string of the molecule is O=C1C[C@@H](c2cccc(OCc3ccccc3)c2)c2cnn(-c3nc4ccccc4s3)c2N1. The molecule has 1 amide bonds. The molecule has 7 heteroatoms. The van der Waals surface area contributed by atoms with Gasteiger partial charge in [-0.25, -0.2) is 4.98 Å². The van der Waals surface area contributed by atoms with Crippen molar-refractivity contribution in [3.63, 3.8) is 0 Å². The molecule has 1 atom stereocenters. The zero-order valence-corrected chi connectivity index (χ0v) is 18.5. The Labute approximate surface area is 194 Å². The van der Waals surface area contributed by atoms with E-state index < -0.39 is 0 Å². The number of ether oxygens (including phenoxy) is 1. The summed E-state index contributed by atoms with van der Waals surface area (Å²) in [6.45, 7) is 0.496. The van der Waals surface area contributed by atoms with Crippen molar-refractivity contribution in [1.29, 1.82) is 0 Å². The molecule has 0 aliphatic carbocycles. The van der Waals surface area contributed by atoms with Gasteiger partial charge in [0, 0.05) is 17.9 Å². The molecule has 33 heavy (non-hydrogen) atoms. The van der Waals surface area contributed by atoms with Gasteiger partial charge in [0.05, 0.1) is 16.4 Å². The predicted octanol–water partition coefficient (Wildman–Crippen LogP) is 5.54. The summed E-state index contributed by atoms with van der Waals surface area (Å²) < 4.78 is 8.83. The summed E-state index contributed by atoms with van der Waals surface area (Å²) in [6.07, 6.45) is 2.20. The normalized spacial score (nSPS) is 15.3. The monoisotopic (exact) mass is 452 g/mol. The lowest BCUT2D eigenvalue weighted by atomic mass is 9.87. The van der Waals surface area contributed by atoms with Crippen LogP contribution >= 0.6 is 11.3 Å². The number of carbonyl (C=O) groups excluding carboxylic acids is 1. The molecule has 0 fully saturated rings. The Morgan fingerprint density at radius 3 is 2.76 bits per heavy atom. The van der Waals surface area contributed by atoms with Crippen LogP contribution in [0.5, 0.6) is 5.75 Å². The van der Waals surface area contributed by atoms with Crippen LogP contribution in [-0.2, 0) is 11.4 Å². The molecule has 0 radical (unpaired) electrons. The van der Waals surface area contributed by atoms with Gasteiger partial charge in [-0.2, -0.15) is 9.78 Å². The number of carbonyl (C=O) groups is 1. The van der Waals surface area contributed by atoms with Gasteiger partial charge in [0.1, 0.15) is 18.2 Å². The van der Waals surface area contributed by atoms with E-state index in [0.29, 0.717) is 18.8 Å². The van der Waals surface area contributed by atoms with Crippen LogP contribution in [0.25, 0.3) is 15.3 Å². The molecule has 1 aliphatic rings. The number of benzene rings is 3. The Kier molecular flexibility index (Phi) is 4.88. The van der Waals surface area contributed by atoms with Crippen molar-refractivity contribution >= 4 is 33.3 Å². The molecule has 6 nitrogen and oxygen atoms in total. The standard InChI is InChI=1S/C26H20N4O2S/c31-24-14-20(18-9-6-10-19(13-18)32-16-17-7-2-1-3-8-17)21-15-27-30(25(21)29-24)26-28-22-11-4-5-12-23(22)33-26/h1-13,15,20H,14,16H2,(H,29,31)/t20-/m0/s1. The number of aromatic nitrogens is 3. The van der Waals surface area contributed by atoms with E-state index in [-0.39, 0.29) is 11.8 Å². The highest BCUT2D eigenvalue weighted by atomic mass is 32.1.